The van der Waals surface area contributed by atoms with Gasteiger partial charge in [-0.2, -0.15) is 0 Å². The van der Waals surface area contributed by atoms with Gasteiger partial charge in [-0.3, -0.25) is 4.90 Å². The Bertz CT molecular complexity index is 393. The van der Waals surface area contributed by atoms with Gasteiger partial charge in [-0.25, -0.2) is 4.98 Å². The number of piperidine rings is 1. The minimum absolute atomic E-state index is 0.260. The first kappa shape index (κ1) is 14.3. The standard InChI is InChI=1S/C15H25N3O/c1-11-4-5-12(2)18(10-11)14(8-16)13-6-7-15(19-3)17-9-13/h6-7,9,11-12,14H,4-5,8,10,16H2,1-3H3. The van der Waals surface area contributed by atoms with Gasteiger partial charge in [0, 0.05) is 37.4 Å². The van der Waals surface area contributed by atoms with Gasteiger partial charge in [0.2, 0.25) is 5.88 Å². The number of nitrogens with zero attached hydrogens (tertiary/aromatic N) is 2. The van der Waals surface area contributed by atoms with Crippen LogP contribution in [0.4, 0.5) is 0 Å². The predicted octanol–water partition coefficient (Wildman–Crippen LogP) is 2.21. The minimum Gasteiger partial charge on any atom is -0.481 e. The molecule has 2 rings (SSSR count). The summed E-state index contributed by atoms with van der Waals surface area (Å²) in [5.74, 6) is 1.40. The van der Waals surface area contributed by atoms with Crippen molar-refractivity contribution in [3.05, 3.63) is 23.9 Å². The zero-order valence-electron chi connectivity index (χ0n) is 12.2. The Morgan fingerprint density at radius 2 is 2.21 bits per heavy atom. The molecule has 1 aliphatic rings. The molecule has 0 amide bonds. The van der Waals surface area contributed by atoms with Crippen LogP contribution in [0, 0.1) is 5.92 Å². The summed E-state index contributed by atoms with van der Waals surface area (Å²) in [7, 11) is 1.64. The number of rotatable bonds is 4. The van der Waals surface area contributed by atoms with Crippen molar-refractivity contribution in [3.8, 4) is 5.88 Å². The fourth-order valence-electron chi connectivity index (χ4n) is 2.93. The van der Waals surface area contributed by atoms with E-state index in [1.807, 2.05) is 12.3 Å². The highest BCUT2D eigenvalue weighted by Crippen LogP contribution is 2.30. The molecule has 1 saturated heterocycles. The van der Waals surface area contributed by atoms with E-state index < -0.39 is 0 Å². The SMILES string of the molecule is COc1ccc(C(CN)N2CC(C)CCC2C)cn1. The van der Waals surface area contributed by atoms with Crippen LogP contribution in [0.5, 0.6) is 5.88 Å². The van der Waals surface area contributed by atoms with E-state index in [0.29, 0.717) is 18.5 Å². The number of pyridine rings is 1. The van der Waals surface area contributed by atoms with Gasteiger partial charge in [0.05, 0.1) is 7.11 Å². The molecule has 1 fully saturated rings. The molecule has 4 nitrogen and oxygen atoms in total. The topological polar surface area (TPSA) is 51.4 Å². The molecule has 1 aliphatic heterocycles. The molecule has 19 heavy (non-hydrogen) atoms. The summed E-state index contributed by atoms with van der Waals surface area (Å²) in [6.45, 7) is 6.37. The van der Waals surface area contributed by atoms with Crippen molar-refractivity contribution in [2.45, 2.75) is 38.8 Å². The lowest BCUT2D eigenvalue weighted by Crippen LogP contribution is -2.45. The molecular formula is C15H25N3O. The number of methoxy groups -OCH3 is 1. The summed E-state index contributed by atoms with van der Waals surface area (Å²) in [4.78, 5) is 6.83. The van der Waals surface area contributed by atoms with Crippen LogP contribution in [0.2, 0.25) is 0 Å². The number of hydrogen-bond donors (Lipinski definition) is 1. The highest BCUT2D eigenvalue weighted by atomic mass is 16.5. The molecule has 0 spiro atoms. The molecule has 106 valence electrons. The number of ether oxygens (including phenoxy) is 1. The predicted molar refractivity (Wildman–Crippen MR) is 77.2 cm³/mol. The van der Waals surface area contributed by atoms with Crippen LogP contribution >= 0.6 is 0 Å². The van der Waals surface area contributed by atoms with Gasteiger partial charge >= 0.3 is 0 Å². The van der Waals surface area contributed by atoms with Crippen molar-refractivity contribution in [3.63, 3.8) is 0 Å². The zero-order chi connectivity index (χ0) is 13.8. The molecule has 0 aromatic carbocycles. The number of nitrogens with two attached hydrogens (primary N) is 1. The highest BCUT2D eigenvalue weighted by Gasteiger charge is 2.29. The highest BCUT2D eigenvalue weighted by molar-refractivity contribution is 5.21. The quantitative estimate of drug-likeness (QED) is 0.905. The monoisotopic (exact) mass is 263 g/mol. The van der Waals surface area contributed by atoms with E-state index in [9.17, 15) is 0 Å². The lowest BCUT2D eigenvalue weighted by molar-refractivity contribution is 0.0796. The van der Waals surface area contributed by atoms with E-state index in [0.717, 1.165) is 12.5 Å². The Kier molecular flexibility index (Phi) is 4.77. The summed E-state index contributed by atoms with van der Waals surface area (Å²) >= 11 is 0. The largest absolute Gasteiger partial charge is 0.481 e. The summed E-state index contributed by atoms with van der Waals surface area (Å²) in [6, 6.07) is 4.84. The average Bonchev–Trinajstić information content (AvgIpc) is 2.44. The van der Waals surface area contributed by atoms with Gasteiger partial charge < -0.3 is 10.5 Å². The Hall–Kier alpha value is -1.13. The van der Waals surface area contributed by atoms with Crippen LogP contribution in [0.3, 0.4) is 0 Å². The fourth-order valence-corrected chi connectivity index (χ4v) is 2.93. The van der Waals surface area contributed by atoms with Gasteiger partial charge in [-0.15, -0.1) is 0 Å². The first-order valence-corrected chi connectivity index (χ1v) is 7.11. The second-order valence-corrected chi connectivity index (χ2v) is 5.61. The van der Waals surface area contributed by atoms with Crippen molar-refractivity contribution < 1.29 is 4.74 Å². The number of hydrogen-bond acceptors (Lipinski definition) is 4. The van der Waals surface area contributed by atoms with Crippen LogP contribution in [0.25, 0.3) is 0 Å². The second kappa shape index (κ2) is 6.35. The van der Waals surface area contributed by atoms with E-state index >= 15 is 0 Å². The van der Waals surface area contributed by atoms with E-state index in [-0.39, 0.29) is 6.04 Å². The first-order valence-electron chi connectivity index (χ1n) is 7.11. The van der Waals surface area contributed by atoms with Crippen LogP contribution in [-0.2, 0) is 0 Å². The molecule has 0 radical (unpaired) electrons. The molecule has 2 N–H and O–H groups in total. The van der Waals surface area contributed by atoms with Crippen LogP contribution in [0.1, 0.15) is 38.3 Å². The molecule has 4 heteroatoms. The zero-order valence-corrected chi connectivity index (χ0v) is 12.2. The van der Waals surface area contributed by atoms with Crippen molar-refractivity contribution in [2.24, 2.45) is 11.7 Å². The van der Waals surface area contributed by atoms with Gasteiger partial charge in [-0.05, 0) is 31.2 Å². The maximum absolute atomic E-state index is 6.01. The van der Waals surface area contributed by atoms with Crippen molar-refractivity contribution in [1.82, 2.24) is 9.88 Å². The summed E-state index contributed by atoms with van der Waals surface area (Å²) in [6.07, 6.45) is 4.46. The molecule has 0 aliphatic carbocycles. The molecule has 3 atom stereocenters. The molecule has 1 aromatic rings. The van der Waals surface area contributed by atoms with Crippen LogP contribution < -0.4 is 10.5 Å². The molecular weight excluding hydrogens is 238 g/mol. The van der Waals surface area contributed by atoms with E-state index in [2.05, 4.69) is 29.8 Å². The third-order valence-corrected chi connectivity index (χ3v) is 4.14. The molecule has 3 unspecified atom stereocenters. The maximum Gasteiger partial charge on any atom is 0.212 e. The number of aromatic nitrogens is 1. The first-order chi connectivity index (χ1) is 9.15. The Morgan fingerprint density at radius 1 is 1.42 bits per heavy atom. The van der Waals surface area contributed by atoms with Gasteiger partial charge in [-0.1, -0.05) is 13.0 Å². The lowest BCUT2D eigenvalue weighted by Gasteiger charge is -2.41. The Labute approximate surface area is 116 Å². The van der Waals surface area contributed by atoms with Gasteiger partial charge in [0.15, 0.2) is 0 Å². The molecule has 1 aromatic heterocycles. The van der Waals surface area contributed by atoms with Crippen molar-refractivity contribution in [1.29, 1.82) is 0 Å². The van der Waals surface area contributed by atoms with E-state index in [1.165, 1.54) is 18.4 Å². The summed E-state index contributed by atoms with van der Waals surface area (Å²) < 4.78 is 5.11. The minimum atomic E-state index is 0.260. The van der Waals surface area contributed by atoms with Crippen molar-refractivity contribution >= 4 is 0 Å². The van der Waals surface area contributed by atoms with Crippen LogP contribution in [0.15, 0.2) is 18.3 Å². The van der Waals surface area contributed by atoms with Crippen molar-refractivity contribution in [2.75, 3.05) is 20.2 Å². The smallest absolute Gasteiger partial charge is 0.212 e. The van der Waals surface area contributed by atoms with Gasteiger partial charge in [0.25, 0.3) is 0 Å². The molecule has 2 heterocycles. The maximum atomic E-state index is 6.01. The van der Waals surface area contributed by atoms with E-state index in [1.54, 1.807) is 7.11 Å². The molecule has 0 saturated carbocycles. The van der Waals surface area contributed by atoms with E-state index in [4.69, 9.17) is 10.5 Å². The second-order valence-electron chi connectivity index (χ2n) is 5.61. The fraction of sp³-hybridized carbons (Fsp3) is 0.667. The van der Waals surface area contributed by atoms with Crippen LogP contribution in [-0.4, -0.2) is 36.1 Å². The third-order valence-electron chi connectivity index (χ3n) is 4.14. The Balaban J connectivity index is 2.17. The Morgan fingerprint density at radius 3 is 2.79 bits per heavy atom. The average molecular weight is 263 g/mol. The number of likely N-dealkylation sites (tertiary alicyclic amines) is 1. The molecule has 0 bridgehead atoms. The normalized spacial score (nSPS) is 26.1. The lowest BCUT2D eigenvalue weighted by atomic mass is 9.92. The summed E-state index contributed by atoms with van der Waals surface area (Å²) in [5.41, 5.74) is 7.20. The summed E-state index contributed by atoms with van der Waals surface area (Å²) in [5, 5.41) is 0. The third kappa shape index (κ3) is 3.25. The van der Waals surface area contributed by atoms with Gasteiger partial charge in [0.1, 0.15) is 0 Å².